The van der Waals surface area contributed by atoms with Gasteiger partial charge in [0.15, 0.2) is 0 Å². The molecule has 1 aromatic rings. The third-order valence-electron chi connectivity index (χ3n) is 3.23. The number of nitrogens with zero attached hydrogens (tertiary/aromatic N) is 1. The molecule has 1 aliphatic carbocycles. The molecule has 1 saturated carbocycles. The smallest absolute Gasteiger partial charge is 0.339 e. The first-order valence-electron chi connectivity index (χ1n) is 6.25. The molecular formula is C13H17BrN2O2. The molecule has 1 fully saturated rings. The Morgan fingerprint density at radius 1 is 1.67 bits per heavy atom. The Hall–Kier alpha value is -1.10. The third kappa shape index (κ3) is 3.45. The summed E-state index contributed by atoms with van der Waals surface area (Å²) in [6.07, 6.45) is 6.31. The fourth-order valence-corrected chi connectivity index (χ4v) is 2.33. The number of aromatic nitrogens is 1. The van der Waals surface area contributed by atoms with E-state index in [0.29, 0.717) is 16.3 Å². The van der Waals surface area contributed by atoms with E-state index in [1.54, 1.807) is 12.3 Å². The number of aromatic carboxylic acids is 1. The van der Waals surface area contributed by atoms with Gasteiger partial charge in [0.2, 0.25) is 0 Å². The molecule has 1 heterocycles. The first-order chi connectivity index (χ1) is 8.60. The Labute approximate surface area is 115 Å². The molecule has 0 spiro atoms. The SMILES string of the molecule is CCC(CC1CC1)Nc1ncc(Br)cc1C(=O)O. The summed E-state index contributed by atoms with van der Waals surface area (Å²) < 4.78 is 0.681. The van der Waals surface area contributed by atoms with Crippen LogP contribution in [0.15, 0.2) is 16.7 Å². The normalized spacial score (nSPS) is 16.3. The average Bonchev–Trinajstić information content (AvgIpc) is 3.14. The summed E-state index contributed by atoms with van der Waals surface area (Å²) in [6, 6.07) is 1.89. The van der Waals surface area contributed by atoms with E-state index in [4.69, 9.17) is 5.11 Å². The second-order valence-electron chi connectivity index (χ2n) is 4.78. The van der Waals surface area contributed by atoms with Gasteiger partial charge < -0.3 is 10.4 Å². The summed E-state index contributed by atoms with van der Waals surface area (Å²) in [6.45, 7) is 2.11. The Kier molecular flexibility index (Phi) is 4.22. The monoisotopic (exact) mass is 312 g/mol. The van der Waals surface area contributed by atoms with E-state index in [1.165, 1.54) is 12.8 Å². The molecule has 0 saturated heterocycles. The summed E-state index contributed by atoms with van der Waals surface area (Å²) in [5, 5.41) is 12.4. The van der Waals surface area contributed by atoms with E-state index < -0.39 is 5.97 Å². The fraction of sp³-hybridized carbons (Fsp3) is 0.538. The second kappa shape index (κ2) is 5.69. The number of pyridine rings is 1. The number of hydrogen-bond acceptors (Lipinski definition) is 3. The molecule has 2 N–H and O–H groups in total. The Balaban J connectivity index is 2.13. The second-order valence-corrected chi connectivity index (χ2v) is 5.70. The van der Waals surface area contributed by atoms with E-state index in [9.17, 15) is 4.79 Å². The lowest BCUT2D eigenvalue weighted by Gasteiger charge is -2.18. The van der Waals surface area contributed by atoms with Gasteiger partial charge in [-0.3, -0.25) is 0 Å². The Morgan fingerprint density at radius 3 is 2.94 bits per heavy atom. The van der Waals surface area contributed by atoms with Crippen LogP contribution >= 0.6 is 15.9 Å². The van der Waals surface area contributed by atoms with Gasteiger partial charge in [0.1, 0.15) is 11.4 Å². The van der Waals surface area contributed by atoms with Gasteiger partial charge in [0, 0.05) is 16.7 Å². The van der Waals surface area contributed by atoms with Crippen LogP contribution in [0, 0.1) is 5.92 Å². The van der Waals surface area contributed by atoms with Gasteiger partial charge in [-0.2, -0.15) is 0 Å². The van der Waals surface area contributed by atoms with Gasteiger partial charge in [-0.05, 0) is 40.8 Å². The van der Waals surface area contributed by atoms with Crippen molar-refractivity contribution in [2.24, 2.45) is 5.92 Å². The van der Waals surface area contributed by atoms with Crippen LogP contribution in [0.1, 0.15) is 43.0 Å². The van der Waals surface area contributed by atoms with Crippen LogP contribution in [0.2, 0.25) is 0 Å². The van der Waals surface area contributed by atoms with Gasteiger partial charge in [0.05, 0.1) is 0 Å². The minimum atomic E-state index is -0.951. The zero-order valence-electron chi connectivity index (χ0n) is 10.3. The van der Waals surface area contributed by atoms with Crippen molar-refractivity contribution >= 4 is 27.7 Å². The van der Waals surface area contributed by atoms with Gasteiger partial charge in [0.25, 0.3) is 0 Å². The fourth-order valence-electron chi connectivity index (χ4n) is 1.99. The molecule has 0 amide bonds. The van der Waals surface area contributed by atoms with Crippen LogP contribution in [-0.2, 0) is 0 Å². The van der Waals surface area contributed by atoms with Crippen LogP contribution in [0.5, 0.6) is 0 Å². The first kappa shape index (κ1) is 13.3. The molecule has 1 aliphatic rings. The first-order valence-corrected chi connectivity index (χ1v) is 7.04. The molecule has 0 aromatic carbocycles. The van der Waals surface area contributed by atoms with E-state index in [0.717, 1.165) is 18.8 Å². The molecule has 1 unspecified atom stereocenters. The molecular weight excluding hydrogens is 296 g/mol. The Morgan fingerprint density at radius 2 is 2.39 bits per heavy atom. The number of carboxylic acid groups (broad SMARTS) is 1. The number of carbonyl (C=O) groups is 1. The lowest BCUT2D eigenvalue weighted by atomic mass is 10.1. The number of halogens is 1. The maximum absolute atomic E-state index is 11.2. The molecule has 0 radical (unpaired) electrons. The number of rotatable bonds is 6. The summed E-state index contributed by atoms with van der Waals surface area (Å²) in [5.74, 6) is 0.331. The molecule has 1 atom stereocenters. The molecule has 18 heavy (non-hydrogen) atoms. The van der Waals surface area contributed by atoms with Gasteiger partial charge >= 0.3 is 5.97 Å². The van der Waals surface area contributed by atoms with Crippen molar-refractivity contribution in [1.29, 1.82) is 0 Å². The van der Waals surface area contributed by atoms with Crippen molar-refractivity contribution < 1.29 is 9.90 Å². The van der Waals surface area contributed by atoms with Gasteiger partial charge in [-0.25, -0.2) is 9.78 Å². The van der Waals surface area contributed by atoms with E-state index >= 15 is 0 Å². The van der Waals surface area contributed by atoms with Crippen molar-refractivity contribution in [2.45, 2.75) is 38.6 Å². The van der Waals surface area contributed by atoms with E-state index in [-0.39, 0.29) is 5.56 Å². The maximum atomic E-state index is 11.2. The van der Waals surface area contributed by atoms with Crippen LogP contribution in [-0.4, -0.2) is 22.1 Å². The number of carboxylic acids is 1. The minimum absolute atomic E-state index is 0.221. The van der Waals surface area contributed by atoms with Crippen molar-refractivity contribution in [3.63, 3.8) is 0 Å². The van der Waals surface area contributed by atoms with Crippen LogP contribution in [0.25, 0.3) is 0 Å². The molecule has 0 aliphatic heterocycles. The molecule has 98 valence electrons. The van der Waals surface area contributed by atoms with Gasteiger partial charge in [-0.15, -0.1) is 0 Å². The topological polar surface area (TPSA) is 62.2 Å². The zero-order valence-corrected chi connectivity index (χ0v) is 11.9. The van der Waals surface area contributed by atoms with Crippen molar-refractivity contribution in [3.8, 4) is 0 Å². The third-order valence-corrected chi connectivity index (χ3v) is 3.67. The molecule has 4 nitrogen and oxygen atoms in total. The molecule has 0 bridgehead atoms. The van der Waals surface area contributed by atoms with Gasteiger partial charge in [-0.1, -0.05) is 19.8 Å². The highest BCUT2D eigenvalue weighted by Gasteiger charge is 2.25. The van der Waals surface area contributed by atoms with E-state index in [2.05, 4.69) is 33.2 Å². The van der Waals surface area contributed by atoms with Crippen LogP contribution in [0.4, 0.5) is 5.82 Å². The number of hydrogen-bond donors (Lipinski definition) is 2. The van der Waals surface area contributed by atoms with Crippen molar-refractivity contribution in [1.82, 2.24) is 4.98 Å². The van der Waals surface area contributed by atoms with Crippen molar-refractivity contribution in [3.05, 3.63) is 22.3 Å². The highest BCUT2D eigenvalue weighted by molar-refractivity contribution is 9.10. The number of anilines is 1. The summed E-state index contributed by atoms with van der Waals surface area (Å²) in [7, 11) is 0. The Bertz CT molecular complexity index is 447. The maximum Gasteiger partial charge on any atom is 0.339 e. The predicted octanol–water partition coefficient (Wildman–Crippen LogP) is 3.53. The quantitative estimate of drug-likeness (QED) is 0.843. The predicted molar refractivity (Wildman–Crippen MR) is 73.9 cm³/mol. The molecule has 5 heteroatoms. The highest BCUT2D eigenvalue weighted by atomic mass is 79.9. The van der Waals surface area contributed by atoms with E-state index in [1.807, 2.05) is 0 Å². The van der Waals surface area contributed by atoms with Crippen LogP contribution in [0.3, 0.4) is 0 Å². The lowest BCUT2D eigenvalue weighted by Crippen LogP contribution is -2.21. The average molecular weight is 313 g/mol. The highest BCUT2D eigenvalue weighted by Crippen LogP contribution is 2.35. The van der Waals surface area contributed by atoms with Crippen molar-refractivity contribution in [2.75, 3.05) is 5.32 Å². The standard InChI is InChI=1S/C13H17BrN2O2/c1-2-10(5-8-3-4-8)16-12-11(13(17)18)6-9(14)7-15-12/h6-8,10H,2-5H2,1H3,(H,15,16)(H,17,18). The lowest BCUT2D eigenvalue weighted by molar-refractivity contribution is 0.0697. The molecule has 1 aromatic heterocycles. The van der Waals surface area contributed by atoms with Crippen LogP contribution < -0.4 is 5.32 Å². The largest absolute Gasteiger partial charge is 0.478 e. The minimum Gasteiger partial charge on any atom is -0.478 e. The summed E-state index contributed by atoms with van der Waals surface area (Å²) in [4.78, 5) is 15.4. The number of nitrogens with one attached hydrogen (secondary N) is 1. The summed E-state index contributed by atoms with van der Waals surface area (Å²) in [5.41, 5.74) is 0.221. The zero-order chi connectivity index (χ0) is 13.1. The summed E-state index contributed by atoms with van der Waals surface area (Å²) >= 11 is 3.24. The molecule has 2 rings (SSSR count).